The molecule has 0 heterocycles. The molecule has 1 fully saturated rings. The van der Waals surface area contributed by atoms with Crippen LogP contribution in [0.1, 0.15) is 40.5 Å². The van der Waals surface area contributed by atoms with Gasteiger partial charge in [0.25, 0.3) is 0 Å². The van der Waals surface area contributed by atoms with E-state index in [0.717, 1.165) is 6.42 Å². The molecule has 6 nitrogen and oxygen atoms in total. The van der Waals surface area contributed by atoms with Crippen LogP contribution in [0.3, 0.4) is 0 Å². The van der Waals surface area contributed by atoms with Crippen molar-refractivity contribution in [3.63, 3.8) is 0 Å². The average molecular weight is 286 g/mol. The van der Waals surface area contributed by atoms with Crippen LogP contribution in [-0.2, 0) is 9.53 Å². The van der Waals surface area contributed by atoms with Gasteiger partial charge >= 0.3 is 12.0 Å². The highest BCUT2D eigenvalue weighted by molar-refractivity contribution is 5.75. The standard InChI is InChI=1S/C14H26N2O4/c1-9(2)20-11-8-10(14(11,3)4)15-13(19)16(5)7-6-12(17)18/h9-11H,6-8H2,1-5H3,(H,15,19)(H,17,18). The zero-order valence-electron chi connectivity index (χ0n) is 13.0. The third-order valence-corrected chi connectivity index (χ3v) is 3.92. The molecule has 2 unspecified atom stereocenters. The lowest BCUT2D eigenvalue weighted by Crippen LogP contribution is -2.63. The van der Waals surface area contributed by atoms with Gasteiger partial charge in [0.1, 0.15) is 0 Å². The fraction of sp³-hybridized carbons (Fsp3) is 0.857. The van der Waals surface area contributed by atoms with Gasteiger partial charge in [0.05, 0.1) is 18.6 Å². The van der Waals surface area contributed by atoms with E-state index in [2.05, 4.69) is 19.2 Å². The Morgan fingerprint density at radius 3 is 2.50 bits per heavy atom. The fourth-order valence-electron chi connectivity index (χ4n) is 2.31. The van der Waals surface area contributed by atoms with Gasteiger partial charge in [-0.2, -0.15) is 0 Å². The number of hydrogen-bond acceptors (Lipinski definition) is 3. The van der Waals surface area contributed by atoms with E-state index in [1.54, 1.807) is 7.05 Å². The van der Waals surface area contributed by atoms with Crippen LogP contribution in [0, 0.1) is 5.41 Å². The van der Waals surface area contributed by atoms with Crippen molar-refractivity contribution in [1.82, 2.24) is 10.2 Å². The molecule has 1 aliphatic rings. The summed E-state index contributed by atoms with van der Waals surface area (Å²) in [6.07, 6.45) is 1.08. The highest BCUT2D eigenvalue weighted by Crippen LogP contribution is 2.43. The van der Waals surface area contributed by atoms with Gasteiger partial charge in [0.2, 0.25) is 0 Å². The average Bonchev–Trinajstić information content (AvgIpc) is 2.33. The van der Waals surface area contributed by atoms with Gasteiger partial charge in [-0.15, -0.1) is 0 Å². The quantitative estimate of drug-likeness (QED) is 0.779. The van der Waals surface area contributed by atoms with Crippen LogP contribution in [0.25, 0.3) is 0 Å². The molecule has 0 aromatic rings. The predicted molar refractivity (Wildman–Crippen MR) is 75.6 cm³/mol. The number of carbonyl (C=O) groups is 2. The number of carboxylic acid groups (broad SMARTS) is 1. The van der Waals surface area contributed by atoms with E-state index in [-0.39, 0.29) is 42.7 Å². The van der Waals surface area contributed by atoms with Crippen LogP contribution < -0.4 is 5.32 Å². The highest BCUT2D eigenvalue weighted by Gasteiger charge is 2.50. The van der Waals surface area contributed by atoms with Crippen LogP contribution in [0.15, 0.2) is 0 Å². The van der Waals surface area contributed by atoms with E-state index in [1.165, 1.54) is 4.90 Å². The topological polar surface area (TPSA) is 78.9 Å². The summed E-state index contributed by atoms with van der Waals surface area (Å²) >= 11 is 0. The van der Waals surface area contributed by atoms with E-state index >= 15 is 0 Å². The Labute approximate surface area is 120 Å². The first kappa shape index (κ1) is 16.8. The Bertz CT molecular complexity index is 368. The van der Waals surface area contributed by atoms with Crippen LogP contribution in [0.2, 0.25) is 0 Å². The van der Waals surface area contributed by atoms with Crippen molar-refractivity contribution in [2.75, 3.05) is 13.6 Å². The van der Waals surface area contributed by atoms with E-state index in [0.29, 0.717) is 0 Å². The van der Waals surface area contributed by atoms with Gasteiger partial charge in [-0.1, -0.05) is 13.8 Å². The van der Waals surface area contributed by atoms with E-state index in [1.807, 2.05) is 13.8 Å². The maximum Gasteiger partial charge on any atom is 0.317 e. The summed E-state index contributed by atoms with van der Waals surface area (Å²) in [6, 6.07) is -0.168. The zero-order valence-corrected chi connectivity index (χ0v) is 13.0. The van der Waals surface area contributed by atoms with Crippen LogP contribution in [-0.4, -0.2) is 53.8 Å². The SMILES string of the molecule is CC(C)OC1CC(NC(=O)N(C)CCC(=O)O)C1(C)C. The van der Waals surface area contributed by atoms with E-state index in [9.17, 15) is 9.59 Å². The summed E-state index contributed by atoms with van der Waals surface area (Å²) < 4.78 is 5.81. The molecule has 2 amide bonds. The molecule has 0 aliphatic heterocycles. The number of carbonyl (C=O) groups excluding carboxylic acids is 1. The number of urea groups is 1. The molecule has 6 heteroatoms. The molecule has 2 atom stereocenters. The molecule has 0 saturated heterocycles. The molecule has 1 rings (SSSR count). The number of rotatable bonds is 6. The summed E-state index contributed by atoms with van der Waals surface area (Å²) in [5, 5.41) is 11.6. The Morgan fingerprint density at radius 1 is 1.45 bits per heavy atom. The molecule has 116 valence electrons. The van der Waals surface area contributed by atoms with Crippen molar-refractivity contribution in [2.45, 2.75) is 58.8 Å². The first-order valence-corrected chi connectivity index (χ1v) is 7.03. The summed E-state index contributed by atoms with van der Waals surface area (Å²) in [6.45, 7) is 8.36. The number of hydrogen-bond donors (Lipinski definition) is 2. The van der Waals surface area contributed by atoms with Gasteiger partial charge in [-0.3, -0.25) is 4.79 Å². The van der Waals surface area contributed by atoms with Gasteiger partial charge < -0.3 is 20.1 Å². The van der Waals surface area contributed by atoms with E-state index < -0.39 is 5.97 Å². The molecule has 1 aliphatic carbocycles. The number of nitrogens with one attached hydrogen (secondary N) is 1. The summed E-state index contributed by atoms with van der Waals surface area (Å²) in [4.78, 5) is 23.8. The Morgan fingerprint density at radius 2 is 2.05 bits per heavy atom. The first-order valence-electron chi connectivity index (χ1n) is 7.03. The van der Waals surface area contributed by atoms with Crippen molar-refractivity contribution >= 4 is 12.0 Å². The number of aliphatic carboxylic acids is 1. The predicted octanol–water partition coefficient (Wildman–Crippen LogP) is 1.69. The van der Waals surface area contributed by atoms with E-state index in [4.69, 9.17) is 9.84 Å². The summed E-state index contributed by atoms with van der Waals surface area (Å²) in [5.74, 6) is -0.904. The third kappa shape index (κ3) is 4.10. The van der Waals surface area contributed by atoms with Gasteiger partial charge in [0, 0.05) is 25.0 Å². The molecule has 0 bridgehead atoms. The van der Waals surface area contributed by atoms with Crippen molar-refractivity contribution in [3.05, 3.63) is 0 Å². The Kier molecular flexibility index (Phi) is 5.39. The lowest BCUT2D eigenvalue weighted by atomic mass is 9.64. The highest BCUT2D eigenvalue weighted by atomic mass is 16.5. The summed E-state index contributed by atoms with van der Waals surface area (Å²) in [7, 11) is 1.60. The van der Waals surface area contributed by atoms with Crippen molar-refractivity contribution in [3.8, 4) is 0 Å². The normalized spacial score (nSPS) is 24.1. The zero-order chi connectivity index (χ0) is 15.5. The van der Waals surface area contributed by atoms with Crippen LogP contribution >= 0.6 is 0 Å². The molecule has 2 N–H and O–H groups in total. The lowest BCUT2D eigenvalue weighted by Gasteiger charge is -2.52. The molecule has 0 spiro atoms. The number of nitrogens with zero attached hydrogens (tertiary/aromatic N) is 1. The second kappa shape index (κ2) is 6.43. The van der Waals surface area contributed by atoms with Gasteiger partial charge in [-0.05, 0) is 20.3 Å². The van der Waals surface area contributed by atoms with Gasteiger partial charge in [-0.25, -0.2) is 4.79 Å². The Hall–Kier alpha value is -1.30. The monoisotopic (exact) mass is 286 g/mol. The maximum atomic E-state index is 12.0. The number of carboxylic acids is 1. The summed E-state index contributed by atoms with van der Waals surface area (Å²) in [5.41, 5.74) is -0.104. The minimum absolute atomic E-state index is 0.0446. The fourth-order valence-corrected chi connectivity index (χ4v) is 2.31. The lowest BCUT2D eigenvalue weighted by molar-refractivity contribution is -0.137. The molecular formula is C14H26N2O4. The second-order valence-corrected chi connectivity index (χ2v) is 6.30. The Balaban J connectivity index is 2.42. The second-order valence-electron chi connectivity index (χ2n) is 6.30. The van der Waals surface area contributed by atoms with Crippen LogP contribution in [0.5, 0.6) is 0 Å². The molecule has 0 aromatic heterocycles. The largest absolute Gasteiger partial charge is 0.481 e. The first-order chi connectivity index (χ1) is 9.14. The molecular weight excluding hydrogens is 260 g/mol. The molecule has 0 aromatic carbocycles. The maximum absolute atomic E-state index is 12.0. The minimum atomic E-state index is -0.904. The van der Waals surface area contributed by atoms with Crippen molar-refractivity contribution < 1.29 is 19.4 Å². The number of amides is 2. The third-order valence-electron chi connectivity index (χ3n) is 3.92. The van der Waals surface area contributed by atoms with Crippen molar-refractivity contribution in [2.24, 2.45) is 5.41 Å². The number of ether oxygens (including phenoxy) is 1. The van der Waals surface area contributed by atoms with Gasteiger partial charge in [0.15, 0.2) is 0 Å². The molecule has 1 saturated carbocycles. The molecule has 20 heavy (non-hydrogen) atoms. The smallest absolute Gasteiger partial charge is 0.317 e. The van der Waals surface area contributed by atoms with Crippen molar-refractivity contribution in [1.29, 1.82) is 0 Å². The molecule has 0 radical (unpaired) electrons. The van der Waals surface area contributed by atoms with Crippen LogP contribution in [0.4, 0.5) is 4.79 Å². The minimum Gasteiger partial charge on any atom is -0.481 e.